The Morgan fingerprint density at radius 3 is 2.00 bits per heavy atom. The third-order valence-corrected chi connectivity index (χ3v) is 7.15. The topological polar surface area (TPSA) is 237 Å². The molecule has 0 bridgehead atoms. The second-order valence-corrected chi connectivity index (χ2v) is 11.2. The number of amides is 1. The lowest BCUT2D eigenvalue weighted by molar-refractivity contribution is -0.105. The lowest BCUT2D eigenvalue weighted by Gasteiger charge is -2.13. The Morgan fingerprint density at radius 2 is 1.46 bits per heavy atom. The van der Waals surface area contributed by atoms with Gasteiger partial charge in [0.15, 0.2) is 5.75 Å². The quantitative estimate of drug-likeness (QED) is 0.164. The maximum absolute atomic E-state index is 12.0. The summed E-state index contributed by atoms with van der Waals surface area (Å²) in [4.78, 5) is 8.47. The van der Waals surface area contributed by atoms with E-state index >= 15 is 0 Å². The van der Waals surface area contributed by atoms with Crippen molar-refractivity contribution >= 4 is 64.6 Å². The minimum atomic E-state index is -5.15. The average molecular weight is 546 g/mol. The molecule has 0 saturated heterocycles. The Labute approximate surface area is 198 Å². The molecule has 0 spiro atoms. The van der Waals surface area contributed by atoms with Gasteiger partial charge in [0.25, 0.3) is 30.4 Å². The number of carbonyl (C=O) groups excluding carboxylic acids is 1. The third kappa shape index (κ3) is 5.45. The highest BCUT2D eigenvalue weighted by Crippen LogP contribution is 2.45. The van der Waals surface area contributed by atoms with E-state index in [9.17, 15) is 48.8 Å². The molecule has 1 amide bonds. The first-order valence-corrected chi connectivity index (χ1v) is 13.3. The zero-order valence-corrected chi connectivity index (χ0v) is 19.8. The van der Waals surface area contributed by atoms with Crippen LogP contribution in [0.15, 0.2) is 61.3 Å². The summed E-state index contributed by atoms with van der Waals surface area (Å²) >= 11 is 0. The summed E-state index contributed by atoms with van der Waals surface area (Å²) in [7, 11) is -14.8. The van der Waals surface area contributed by atoms with Crippen LogP contribution in [0.1, 0.15) is 5.56 Å². The van der Waals surface area contributed by atoms with Crippen molar-refractivity contribution in [1.82, 2.24) is 0 Å². The van der Waals surface area contributed by atoms with E-state index in [1.807, 2.05) is 0 Å². The number of phenolic OH excluding ortho intramolecular Hbond substituents is 1. The smallest absolute Gasteiger partial charge is 0.296 e. The van der Waals surface area contributed by atoms with Gasteiger partial charge in [0, 0.05) is 5.39 Å². The van der Waals surface area contributed by atoms with E-state index in [0.29, 0.717) is 11.6 Å². The number of rotatable bonds is 7. The van der Waals surface area contributed by atoms with Crippen LogP contribution < -0.4 is 5.32 Å². The number of fused-ring (bicyclic) bond motifs is 1. The summed E-state index contributed by atoms with van der Waals surface area (Å²) < 4.78 is 98.9. The van der Waals surface area contributed by atoms with Crippen molar-refractivity contribution in [3.8, 4) is 5.75 Å². The number of benzene rings is 3. The van der Waals surface area contributed by atoms with E-state index < -0.39 is 67.9 Å². The molecular formula is C18H15N3O11S3. The van der Waals surface area contributed by atoms with E-state index in [2.05, 4.69) is 15.5 Å². The first-order valence-electron chi connectivity index (χ1n) is 9.03. The number of aromatic hydroxyl groups is 1. The van der Waals surface area contributed by atoms with Gasteiger partial charge in [0.2, 0.25) is 6.41 Å². The molecule has 0 aromatic heterocycles. The van der Waals surface area contributed by atoms with Crippen molar-refractivity contribution in [2.24, 2.45) is 10.2 Å². The fourth-order valence-corrected chi connectivity index (χ4v) is 5.00. The fraction of sp³-hybridized carbons (Fsp3) is 0.0556. The summed E-state index contributed by atoms with van der Waals surface area (Å²) in [6.07, 6.45) is 0.102. The Hall–Kier alpha value is -3.48. The largest absolute Gasteiger partial charge is 0.505 e. The zero-order valence-electron chi connectivity index (χ0n) is 17.3. The van der Waals surface area contributed by atoms with Gasteiger partial charge in [-0.05, 0) is 48.2 Å². The molecule has 0 saturated carbocycles. The molecule has 0 unspecified atom stereocenters. The van der Waals surface area contributed by atoms with Crippen molar-refractivity contribution in [2.75, 3.05) is 5.32 Å². The molecule has 3 rings (SSSR count). The van der Waals surface area contributed by atoms with E-state index in [-0.39, 0.29) is 17.2 Å². The fourth-order valence-electron chi connectivity index (χ4n) is 3.09. The van der Waals surface area contributed by atoms with Crippen molar-refractivity contribution < 1.29 is 48.8 Å². The van der Waals surface area contributed by atoms with Crippen LogP contribution in [-0.4, -0.2) is 50.4 Å². The standard InChI is InChI=1S/C18H15N3O11S3/c1-9-2-3-12(14(4-9)34(27,28)29)20-21-17-15(35(30,31)32)6-10-5-11(33(24,25)26)7-13(19-8-22)16(10)18(17)23/h2-8,23H,1H3,(H,19,22)(H,24,25,26)(H,27,28,29)(H,30,31,32). The summed E-state index contributed by atoms with van der Waals surface area (Å²) in [5, 5.41) is 19.3. The van der Waals surface area contributed by atoms with E-state index in [1.165, 1.54) is 13.0 Å². The lowest BCUT2D eigenvalue weighted by atomic mass is 10.1. The van der Waals surface area contributed by atoms with Crippen LogP contribution in [0.5, 0.6) is 5.75 Å². The minimum Gasteiger partial charge on any atom is -0.505 e. The molecule has 0 radical (unpaired) electrons. The van der Waals surface area contributed by atoms with Crippen LogP contribution in [0.4, 0.5) is 17.1 Å². The average Bonchev–Trinajstić information content (AvgIpc) is 2.71. The molecule has 0 aliphatic carbocycles. The molecule has 5 N–H and O–H groups in total. The minimum absolute atomic E-state index is 0.102. The number of aryl methyl sites for hydroxylation is 1. The second-order valence-electron chi connectivity index (χ2n) is 7.00. The molecule has 3 aromatic carbocycles. The zero-order chi connectivity index (χ0) is 26.3. The van der Waals surface area contributed by atoms with Crippen molar-refractivity contribution in [2.45, 2.75) is 21.6 Å². The SMILES string of the molecule is Cc1ccc(N=Nc2c(S(=O)(=O)O)cc3cc(S(=O)(=O)O)cc(NC=O)c3c2O)c(S(=O)(=O)O)c1. The van der Waals surface area contributed by atoms with Gasteiger partial charge >= 0.3 is 0 Å². The molecule has 3 aromatic rings. The lowest BCUT2D eigenvalue weighted by Crippen LogP contribution is -2.04. The highest BCUT2D eigenvalue weighted by molar-refractivity contribution is 7.86. The van der Waals surface area contributed by atoms with Gasteiger partial charge in [-0.25, -0.2) is 0 Å². The molecule has 14 nitrogen and oxygen atoms in total. The number of nitrogens with zero attached hydrogens (tertiary/aromatic N) is 2. The normalized spacial score (nSPS) is 12.8. The first-order chi connectivity index (χ1) is 16.0. The molecule has 186 valence electrons. The second kappa shape index (κ2) is 8.95. The Bertz CT molecular complexity index is 1730. The van der Waals surface area contributed by atoms with Gasteiger partial charge in [-0.2, -0.15) is 25.3 Å². The maximum Gasteiger partial charge on any atom is 0.296 e. The molecule has 0 aliphatic rings. The molecule has 0 heterocycles. The molecule has 17 heteroatoms. The Morgan fingerprint density at radius 1 is 0.829 bits per heavy atom. The van der Waals surface area contributed by atoms with Gasteiger partial charge in [-0.1, -0.05) is 6.07 Å². The molecule has 0 fully saturated rings. The predicted octanol–water partition coefficient (Wildman–Crippen LogP) is 2.58. The number of carbonyl (C=O) groups is 1. The predicted molar refractivity (Wildman–Crippen MR) is 120 cm³/mol. The van der Waals surface area contributed by atoms with E-state index in [1.54, 1.807) is 0 Å². The number of hydrogen-bond donors (Lipinski definition) is 5. The first kappa shape index (κ1) is 26.1. The van der Waals surface area contributed by atoms with E-state index in [0.717, 1.165) is 24.3 Å². The third-order valence-electron chi connectivity index (χ3n) is 4.56. The summed E-state index contributed by atoms with van der Waals surface area (Å²) in [6.45, 7) is 1.52. The summed E-state index contributed by atoms with van der Waals surface area (Å²) in [5.41, 5.74) is -1.33. The van der Waals surface area contributed by atoms with Gasteiger partial charge in [0.05, 0.1) is 10.6 Å². The van der Waals surface area contributed by atoms with E-state index in [4.69, 9.17) is 0 Å². The van der Waals surface area contributed by atoms with Crippen LogP contribution in [-0.2, 0) is 35.1 Å². The van der Waals surface area contributed by atoms with Gasteiger partial charge < -0.3 is 10.4 Å². The highest BCUT2D eigenvalue weighted by atomic mass is 32.2. The molecule has 0 atom stereocenters. The van der Waals surface area contributed by atoms with Crippen molar-refractivity contribution in [3.63, 3.8) is 0 Å². The molecule has 35 heavy (non-hydrogen) atoms. The van der Waals surface area contributed by atoms with Crippen LogP contribution in [0.3, 0.4) is 0 Å². The Balaban J connectivity index is 2.42. The van der Waals surface area contributed by atoms with Gasteiger partial charge in [-0.15, -0.1) is 10.2 Å². The molecular weight excluding hydrogens is 530 g/mol. The number of hydrogen-bond acceptors (Lipinski definition) is 10. The summed E-state index contributed by atoms with van der Waals surface area (Å²) in [6, 6.07) is 5.78. The Kier molecular flexibility index (Phi) is 6.68. The number of phenols is 1. The monoisotopic (exact) mass is 545 g/mol. The number of azo groups is 1. The van der Waals surface area contributed by atoms with Gasteiger partial charge in [0.1, 0.15) is 21.2 Å². The number of nitrogens with one attached hydrogen (secondary N) is 1. The van der Waals surface area contributed by atoms with Crippen LogP contribution in [0, 0.1) is 6.92 Å². The highest BCUT2D eigenvalue weighted by Gasteiger charge is 2.25. The van der Waals surface area contributed by atoms with Crippen LogP contribution in [0.25, 0.3) is 10.8 Å². The number of anilines is 1. The maximum atomic E-state index is 12.0. The van der Waals surface area contributed by atoms with Crippen LogP contribution >= 0.6 is 0 Å². The molecule has 0 aliphatic heterocycles. The van der Waals surface area contributed by atoms with Crippen LogP contribution in [0.2, 0.25) is 0 Å². The van der Waals surface area contributed by atoms with Gasteiger partial charge in [-0.3, -0.25) is 18.5 Å². The summed E-state index contributed by atoms with van der Waals surface area (Å²) in [5.74, 6) is -1.01. The van der Waals surface area contributed by atoms with Crippen molar-refractivity contribution in [3.05, 3.63) is 42.0 Å². The van der Waals surface area contributed by atoms with Crippen molar-refractivity contribution in [1.29, 1.82) is 0 Å².